The fourth-order valence-corrected chi connectivity index (χ4v) is 4.76. The minimum absolute atomic E-state index is 0. The summed E-state index contributed by atoms with van der Waals surface area (Å²) in [4.78, 5) is 0. The lowest BCUT2D eigenvalue weighted by molar-refractivity contribution is -0.923. The molecule has 3 aliphatic rings. The second-order valence-electron chi connectivity index (χ2n) is 7.89. The van der Waals surface area contributed by atoms with E-state index >= 15 is 0 Å². The number of halogens is 1. The molecule has 0 spiro atoms. The fraction of sp³-hybridized carbons (Fsp3) is 0.429. The number of rotatable bonds is 2. The second-order valence-corrected chi connectivity index (χ2v) is 7.89. The maximum Gasteiger partial charge on any atom is 0.231 e. The second kappa shape index (κ2) is 6.44. The van der Waals surface area contributed by atoms with Gasteiger partial charge in [0.05, 0.1) is 34.9 Å². The van der Waals surface area contributed by atoms with E-state index in [1.54, 1.807) is 14.2 Å². The predicted octanol–water partition coefficient (Wildman–Crippen LogP) is 0.333. The van der Waals surface area contributed by atoms with Crippen LogP contribution in [0.2, 0.25) is 0 Å². The Balaban J connectivity index is 0.00000180. The molecule has 5 rings (SSSR count). The van der Waals surface area contributed by atoms with Crippen molar-refractivity contribution in [1.29, 1.82) is 0 Å². The molecule has 0 aromatic heterocycles. The fourth-order valence-electron chi connectivity index (χ4n) is 4.76. The van der Waals surface area contributed by atoms with Crippen molar-refractivity contribution in [3.8, 4) is 34.1 Å². The van der Waals surface area contributed by atoms with Crippen LogP contribution in [0, 0.1) is 0 Å². The molecule has 0 fully saturated rings. The molecule has 2 aromatic carbocycles. The average molecular weight is 481 g/mol. The number of methoxy groups -OCH3 is 2. The highest BCUT2D eigenvalue weighted by atomic mass is 127. The highest BCUT2D eigenvalue weighted by Crippen LogP contribution is 2.56. The van der Waals surface area contributed by atoms with E-state index < -0.39 is 0 Å². The summed E-state index contributed by atoms with van der Waals surface area (Å²) < 4.78 is 23.8. The quantitative estimate of drug-likeness (QED) is 0.458. The third kappa shape index (κ3) is 2.60. The minimum atomic E-state index is 0. The molecule has 2 aromatic rings. The molecule has 0 bridgehead atoms. The average Bonchev–Trinajstić information content (AvgIpc) is 3.11. The Morgan fingerprint density at radius 3 is 2.48 bits per heavy atom. The highest BCUT2D eigenvalue weighted by Gasteiger charge is 2.44. The van der Waals surface area contributed by atoms with E-state index in [-0.39, 0.29) is 30.8 Å². The summed E-state index contributed by atoms with van der Waals surface area (Å²) in [6.07, 6.45) is 2.05. The summed E-state index contributed by atoms with van der Waals surface area (Å²) in [5, 5.41) is 0. The Morgan fingerprint density at radius 1 is 1.00 bits per heavy atom. The van der Waals surface area contributed by atoms with Crippen molar-refractivity contribution < 1.29 is 47.4 Å². The van der Waals surface area contributed by atoms with Crippen LogP contribution in [0.4, 0.5) is 0 Å². The summed E-state index contributed by atoms with van der Waals surface area (Å²) in [7, 11) is 8.02. The largest absolute Gasteiger partial charge is 1.00 e. The van der Waals surface area contributed by atoms with E-state index in [1.165, 1.54) is 27.8 Å². The van der Waals surface area contributed by atoms with Gasteiger partial charge in [0.25, 0.3) is 0 Å². The first-order valence-electron chi connectivity index (χ1n) is 9.07. The van der Waals surface area contributed by atoms with Gasteiger partial charge in [0.1, 0.15) is 6.04 Å². The number of likely N-dealkylation sites (N-methyl/N-ethyl adjacent to an activating group) is 1. The van der Waals surface area contributed by atoms with Gasteiger partial charge in [0.15, 0.2) is 23.0 Å². The zero-order valence-electron chi connectivity index (χ0n) is 16.1. The Kier molecular flexibility index (Phi) is 4.46. The minimum Gasteiger partial charge on any atom is -1.00 e. The summed E-state index contributed by atoms with van der Waals surface area (Å²) in [5.41, 5.74) is 6.47. The van der Waals surface area contributed by atoms with Gasteiger partial charge >= 0.3 is 0 Å². The van der Waals surface area contributed by atoms with Crippen LogP contribution in [0.1, 0.15) is 22.7 Å². The highest BCUT2D eigenvalue weighted by molar-refractivity contribution is 5.85. The van der Waals surface area contributed by atoms with Crippen LogP contribution < -0.4 is 42.9 Å². The van der Waals surface area contributed by atoms with E-state index in [4.69, 9.17) is 18.9 Å². The molecule has 2 heterocycles. The number of fused-ring (bicyclic) bond motifs is 4. The number of hydrogen-bond acceptors (Lipinski definition) is 4. The zero-order chi connectivity index (χ0) is 18.1. The molecule has 6 heteroatoms. The monoisotopic (exact) mass is 481 g/mol. The Labute approximate surface area is 176 Å². The van der Waals surface area contributed by atoms with Crippen molar-refractivity contribution >= 4 is 0 Å². The molecule has 1 aliphatic carbocycles. The standard InChI is InChI=1S/C21H24NO4.HI/c1-22(2)6-5-12-8-18-21(26-11-25-18)20-14-10-17(24-4)16(23-3)9-13(14)7-15(22)19(12)20;/h8-10,15H,5-7,11H2,1-4H3;1H/q+1;/p-1/t15-;/m0./s1. The molecule has 0 radical (unpaired) electrons. The lowest BCUT2D eigenvalue weighted by atomic mass is 9.75. The Bertz CT molecular complexity index is 925. The van der Waals surface area contributed by atoms with E-state index in [0.717, 1.165) is 46.9 Å². The van der Waals surface area contributed by atoms with Crippen molar-refractivity contribution in [1.82, 2.24) is 0 Å². The van der Waals surface area contributed by atoms with Gasteiger partial charge in [-0.3, -0.25) is 0 Å². The SMILES string of the molecule is COc1cc2c(cc1OC)-c1c3c(cc4c1[C@H](C2)[N+](C)(C)CC4)OCO3.[I-]. The molecule has 2 aliphatic heterocycles. The Morgan fingerprint density at radius 2 is 1.74 bits per heavy atom. The lowest BCUT2D eigenvalue weighted by Crippen LogP contribution is -3.00. The van der Waals surface area contributed by atoms with Crippen LogP contribution in [-0.4, -0.2) is 46.1 Å². The summed E-state index contributed by atoms with van der Waals surface area (Å²) in [5.74, 6) is 3.27. The number of hydrogen-bond donors (Lipinski definition) is 0. The van der Waals surface area contributed by atoms with Crippen LogP contribution >= 0.6 is 0 Å². The van der Waals surface area contributed by atoms with Gasteiger partial charge in [-0.25, -0.2) is 0 Å². The first kappa shape index (κ1) is 18.7. The molecule has 27 heavy (non-hydrogen) atoms. The molecule has 0 amide bonds. The molecule has 5 nitrogen and oxygen atoms in total. The van der Waals surface area contributed by atoms with Gasteiger partial charge in [-0.2, -0.15) is 0 Å². The molecular weight excluding hydrogens is 457 g/mol. The van der Waals surface area contributed by atoms with Gasteiger partial charge in [-0.05, 0) is 34.9 Å². The van der Waals surface area contributed by atoms with Crippen LogP contribution in [0.5, 0.6) is 23.0 Å². The predicted molar refractivity (Wildman–Crippen MR) is 98.2 cm³/mol. The summed E-state index contributed by atoms with van der Waals surface area (Å²) in [6.45, 7) is 1.41. The van der Waals surface area contributed by atoms with Gasteiger partial charge in [-0.1, -0.05) is 0 Å². The van der Waals surface area contributed by atoms with E-state index in [2.05, 4.69) is 32.3 Å². The third-order valence-electron chi connectivity index (χ3n) is 6.22. The topological polar surface area (TPSA) is 36.9 Å². The lowest BCUT2D eigenvalue weighted by Gasteiger charge is -2.46. The first-order valence-corrected chi connectivity index (χ1v) is 9.07. The molecule has 1 atom stereocenters. The van der Waals surface area contributed by atoms with Crippen LogP contribution in [0.25, 0.3) is 11.1 Å². The van der Waals surface area contributed by atoms with Gasteiger partial charge in [-0.15, -0.1) is 0 Å². The Hall–Kier alpha value is -1.67. The maximum atomic E-state index is 5.92. The molecule has 0 unspecified atom stereocenters. The van der Waals surface area contributed by atoms with Crippen molar-refractivity contribution in [3.63, 3.8) is 0 Å². The smallest absolute Gasteiger partial charge is 0.231 e. The van der Waals surface area contributed by atoms with E-state index in [0.29, 0.717) is 6.04 Å². The normalized spacial score (nSPS) is 20.2. The van der Waals surface area contributed by atoms with Crippen molar-refractivity contribution in [2.24, 2.45) is 0 Å². The van der Waals surface area contributed by atoms with Gasteiger partial charge in [0, 0.05) is 24.0 Å². The van der Waals surface area contributed by atoms with E-state index in [1.807, 2.05) is 0 Å². The van der Waals surface area contributed by atoms with Crippen molar-refractivity contribution in [2.75, 3.05) is 41.7 Å². The first-order chi connectivity index (χ1) is 12.5. The number of ether oxygens (including phenoxy) is 4. The third-order valence-corrected chi connectivity index (χ3v) is 6.22. The van der Waals surface area contributed by atoms with Crippen LogP contribution in [-0.2, 0) is 12.8 Å². The molecular formula is C21H24INO4. The van der Waals surface area contributed by atoms with Crippen molar-refractivity contribution in [3.05, 3.63) is 34.9 Å². The van der Waals surface area contributed by atoms with E-state index in [9.17, 15) is 0 Å². The molecule has 144 valence electrons. The molecule has 0 N–H and O–H groups in total. The van der Waals surface area contributed by atoms with Gasteiger partial charge in [0.2, 0.25) is 6.79 Å². The molecule has 0 saturated carbocycles. The summed E-state index contributed by atoms with van der Waals surface area (Å²) in [6, 6.07) is 6.82. The van der Waals surface area contributed by atoms with Crippen molar-refractivity contribution in [2.45, 2.75) is 18.9 Å². The zero-order valence-corrected chi connectivity index (χ0v) is 18.3. The molecule has 0 saturated heterocycles. The number of quaternary nitrogens is 1. The van der Waals surface area contributed by atoms with Crippen LogP contribution in [0.3, 0.4) is 0 Å². The number of benzene rings is 2. The maximum absolute atomic E-state index is 5.92. The van der Waals surface area contributed by atoms with Gasteiger partial charge < -0.3 is 47.4 Å². The summed E-state index contributed by atoms with van der Waals surface area (Å²) >= 11 is 0. The number of nitrogens with zero attached hydrogens (tertiary/aromatic N) is 1. The van der Waals surface area contributed by atoms with Crippen LogP contribution in [0.15, 0.2) is 18.2 Å².